The highest BCUT2D eigenvalue weighted by atomic mass is 35.5. The van der Waals surface area contributed by atoms with Gasteiger partial charge < -0.3 is 5.11 Å². The number of aryl methyl sites for hydroxylation is 1. The number of carboxylic acids is 1. The average Bonchev–Trinajstić information content (AvgIpc) is 2.18. The highest BCUT2D eigenvalue weighted by Gasteiger charge is 2.11. The van der Waals surface area contributed by atoms with Gasteiger partial charge in [-0.2, -0.15) is 0 Å². The van der Waals surface area contributed by atoms with Gasteiger partial charge in [-0.15, -0.1) is 0 Å². The second-order valence-corrected chi connectivity index (χ2v) is 3.46. The second-order valence-electron chi connectivity index (χ2n) is 3.08. The molecule has 1 N–H and O–H groups in total. The molecule has 0 spiro atoms. The van der Waals surface area contributed by atoms with Crippen molar-refractivity contribution in [1.29, 1.82) is 0 Å². The van der Waals surface area contributed by atoms with Crippen LogP contribution in [0.3, 0.4) is 0 Å². The van der Waals surface area contributed by atoms with Gasteiger partial charge >= 0.3 is 5.97 Å². The molecule has 0 bridgehead atoms. The molecular weight excluding hydrogens is 226 g/mol. The second kappa shape index (κ2) is 5.07. The first kappa shape index (κ1) is 11.9. The number of hydrogen-bond acceptors (Lipinski definition) is 1. The fourth-order valence-electron chi connectivity index (χ4n) is 1.19. The fraction of sp³-hybridized carbons (Fsp3) is 0.300. The third kappa shape index (κ3) is 3.16. The summed E-state index contributed by atoms with van der Waals surface area (Å²) in [5.41, 5.74) is 0.239. The number of carbonyl (C=O) groups is 1. The maximum atomic E-state index is 13.3. The zero-order valence-corrected chi connectivity index (χ0v) is 8.52. The van der Waals surface area contributed by atoms with Crippen molar-refractivity contribution in [2.75, 3.05) is 0 Å². The van der Waals surface area contributed by atoms with Crippen molar-refractivity contribution in [1.82, 2.24) is 0 Å². The van der Waals surface area contributed by atoms with Crippen LogP contribution in [0.25, 0.3) is 0 Å². The van der Waals surface area contributed by atoms with Crippen LogP contribution in [0.2, 0.25) is 5.02 Å². The lowest BCUT2D eigenvalue weighted by atomic mass is 10.1. The number of hydrogen-bond donors (Lipinski definition) is 1. The van der Waals surface area contributed by atoms with Crippen LogP contribution >= 0.6 is 11.6 Å². The molecule has 0 amide bonds. The SMILES string of the molecule is O=C(O)CCCc1ccc(F)c(Cl)c1F. The van der Waals surface area contributed by atoms with E-state index in [0.29, 0.717) is 6.42 Å². The zero-order valence-electron chi connectivity index (χ0n) is 7.77. The molecule has 0 atom stereocenters. The quantitative estimate of drug-likeness (QED) is 0.813. The molecule has 0 saturated heterocycles. The molecule has 0 aliphatic carbocycles. The van der Waals surface area contributed by atoms with Crippen LogP contribution in [0.15, 0.2) is 12.1 Å². The van der Waals surface area contributed by atoms with Crippen molar-refractivity contribution < 1.29 is 18.7 Å². The molecule has 0 aromatic heterocycles. The summed E-state index contributed by atoms with van der Waals surface area (Å²) in [6, 6.07) is 2.35. The molecule has 1 aromatic rings. The molecule has 15 heavy (non-hydrogen) atoms. The molecule has 2 nitrogen and oxygen atoms in total. The number of benzene rings is 1. The van der Waals surface area contributed by atoms with E-state index < -0.39 is 22.6 Å². The summed E-state index contributed by atoms with van der Waals surface area (Å²) in [6.07, 6.45) is 0.487. The molecule has 0 aliphatic rings. The Morgan fingerprint density at radius 1 is 1.40 bits per heavy atom. The van der Waals surface area contributed by atoms with Crippen LogP contribution in [-0.4, -0.2) is 11.1 Å². The van der Waals surface area contributed by atoms with Crippen LogP contribution in [-0.2, 0) is 11.2 Å². The van der Waals surface area contributed by atoms with Crippen LogP contribution in [0, 0.1) is 11.6 Å². The predicted molar refractivity (Wildman–Crippen MR) is 51.9 cm³/mol. The maximum absolute atomic E-state index is 13.3. The summed E-state index contributed by atoms with van der Waals surface area (Å²) in [7, 11) is 0. The van der Waals surface area contributed by atoms with Gasteiger partial charge in [0.15, 0.2) is 0 Å². The van der Waals surface area contributed by atoms with E-state index in [1.165, 1.54) is 6.07 Å². The third-order valence-electron chi connectivity index (χ3n) is 1.95. The number of rotatable bonds is 4. The highest BCUT2D eigenvalue weighted by molar-refractivity contribution is 6.30. The maximum Gasteiger partial charge on any atom is 0.303 e. The molecule has 0 fully saturated rings. The van der Waals surface area contributed by atoms with Gasteiger partial charge in [0.1, 0.15) is 16.7 Å². The Labute approximate surface area is 90.5 Å². The van der Waals surface area contributed by atoms with E-state index in [1.54, 1.807) is 0 Å². The van der Waals surface area contributed by atoms with E-state index in [1.807, 2.05) is 0 Å². The van der Waals surface area contributed by atoms with Crippen molar-refractivity contribution in [3.8, 4) is 0 Å². The summed E-state index contributed by atoms with van der Waals surface area (Å²) < 4.78 is 26.0. The Morgan fingerprint density at radius 3 is 2.67 bits per heavy atom. The minimum atomic E-state index is -0.941. The van der Waals surface area contributed by atoms with Crippen molar-refractivity contribution in [3.05, 3.63) is 34.4 Å². The van der Waals surface area contributed by atoms with Gasteiger partial charge in [0.2, 0.25) is 0 Å². The minimum absolute atomic E-state index is 0.0472. The summed E-state index contributed by atoms with van der Waals surface area (Å²) in [5.74, 6) is -2.55. The summed E-state index contributed by atoms with van der Waals surface area (Å²) >= 11 is 5.36. The summed E-state index contributed by atoms with van der Waals surface area (Å²) in [6.45, 7) is 0. The molecule has 0 heterocycles. The van der Waals surface area contributed by atoms with E-state index >= 15 is 0 Å². The van der Waals surface area contributed by atoms with Crippen LogP contribution in [0.4, 0.5) is 8.78 Å². The van der Waals surface area contributed by atoms with Crippen LogP contribution in [0.5, 0.6) is 0 Å². The van der Waals surface area contributed by atoms with E-state index in [4.69, 9.17) is 16.7 Å². The number of aliphatic carboxylic acids is 1. The molecule has 1 aromatic carbocycles. The first-order valence-electron chi connectivity index (χ1n) is 4.36. The van der Waals surface area contributed by atoms with Crippen LogP contribution < -0.4 is 0 Å². The molecule has 0 aliphatic heterocycles. The minimum Gasteiger partial charge on any atom is -0.481 e. The third-order valence-corrected chi connectivity index (χ3v) is 2.30. The van der Waals surface area contributed by atoms with Gasteiger partial charge in [-0.1, -0.05) is 17.7 Å². The smallest absolute Gasteiger partial charge is 0.303 e. The van der Waals surface area contributed by atoms with Gasteiger partial charge in [-0.05, 0) is 24.5 Å². The first-order valence-corrected chi connectivity index (χ1v) is 4.74. The molecular formula is C10H9ClF2O2. The molecule has 5 heteroatoms. The van der Waals surface area contributed by atoms with E-state index in [9.17, 15) is 13.6 Å². The Bertz CT molecular complexity index is 380. The molecule has 0 unspecified atom stereocenters. The zero-order chi connectivity index (χ0) is 11.4. The van der Waals surface area contributed by atoms with Gasteiger partial charge in [0, 0.05) is 6.42 Å². The van der Waals surface area contributed by atoms with Gasteiger partial charge in [0.05, 0.1) is 0 Å². The van der Waals surface area contributed by atoms with E-state index in [2.05, 4.69) is 0 Å². The number of carboxylic acid groups (broad SMARTS) is 1. The van der Waals surface area contributed by atoms with Gasteiger partial charge in [-0.25, -0.2) is 8.78 Å². The van der Waals surface area contributed by atoms with Crippen molar-refractivity contribution in [2.45, 2.75) is 19.3 Å². The Hall–Kier alpha value is -1.16. The Kier molecular flexibility index (Phi) is 4.03. The Balaban J connectivity index is 2.70. The standard InChI is InChI=1S/C10H9ClF2O2/c11-9-7(12)5-4-6(10(9)13)2-1-3-8(14)15/h4-5H,1-3H2,(H,14,15). The van der Waals surface area contributed by atoms with Crippen molar-refractivity contribution in [3.63, 3.8) is 0 Å². The lowest BCUT2D eigenvalue weighted by Crippen LogP contribution is -1.98. The summed E-state index contributed by atoms with van der Waals surface area (Å²) in [5, 5.41) is 7.84. The normalized spacial score (nSPS) is 10.3. The Morgan fingerprint density at radius 2 is 2.07 bits per heavy atom. The first-order chi connectivity index (χ1) is 7.02. The molecule has 0 saturated carbocycles. The van der Waals surface area contributed by atoms with E-state index in [-0.39, 0.29) is 18.4 Å². The topological polar surface area (TPSA) is 37.3 Å². The van der Waals surface area contributed by atoms with Crippen molar-refractivity contribution in [2.24, 2.45) is 0 Å². The lowest BCUT2D eigenvalue weighted by Gasteiger charge is -2.04. The molecule has 82 valence electrons. The van der Waals surface area contributed by atoms with E-state index in [0.717, 1.165) is 6.07 Å². The highest BCUT2D eigenvalue weighted by Crippen LogP contribution is 2.22. The average molecular weight is 235 g/mol. The molecule has 0 radical (unpaired) electrons. The fourth-order valence-corrected chi connectivity index (χ4v) is 1.37. The van der Waals surface area contributed by atoms with Crippen LogP contribution in [0.1, 0.15) is 18.4 Å². The largest absolute Gasteiger partial charge is 0.481 e. The lowest BCUT2D eigenvalue weighted by molar-refractivity contribution is -0.137. The monoisotopic (exact) mass is 234 g/mol. The summed E-state index contributed by atoms with van der Waals surface area (Å²) in [4.78, 5) is 10.2. The predicted octanol–water partition coefficient (Wildman–Crippen LogP) is 3.03. The van der Waals surface area contributed by atoms with Crippen molar-refractivity contribution >= 4 is 17.6 Å². The molecule has 1 rings (SSSR count). The number of halogens is 3. The van der Waals surface area contributed by atoms with Gasteiger partial charge in [-0.3, -0.25) is 4.79 Å². The van der Waals surface area contributed by atoms with Gasteiger partial charge in [0.25, 0.3) is 0 Å².